The average molecular weight is 312 g/mol. The third-order valence-electron chi connectivity index (χ3n) is 4.60. The van der Waals surface area contributed by atoms with Crippen LogP contribution in [0.4, 0.5) is 10.5 Å². The number of aromatic nitrogens is 2. The van der Waals surface area contributed by atoms with E-state index in [1.807, 2.05) is 41.4 Å². The van der Waals surface area contributed by atoms with Crippen molar-refractivity contribution in [1.29, 1.82) is 0 Å². The fourth-order valence-electron chi connectivity index (χ4n) is 3.48. The summed E-state index contributed by atoms with van der Waals surface area (Å²) in [6.45, 7) is 1.28. The summed E-state index contributed by atoms with van der Waals surface area (Å²) >= 11 is 0. The number of morpholine rings is 1. The molecule has 0 unspecified atom stereocenters. The topological polar surface area (TPSA) is 59.4 Å². The number of nitrogens with one attached hydrogen (secondary N) is 1. The number of fused-ring (bicyclic) bond motifs is 1. The molecule has 120 valence electrons. The van der Waals surface area contributed by atoms with Crippen molar-refractivity contribution in [3.8, 4) is 5.69 Å². The summed E-state index contributed by atoms with van der Waals surface area (Å²) in [5, 5.41) is 7.27. The summed E-state index contributed by atoms with van der Waals surface area (Å²) in [6, 6.07) is 10.00. The van der Waals surface area contributed by atoms with E-state index in [1.165, 1.54) is 0 Å². The highest BCUT2D eigenvalue weighted by Gasteiger charge is 2.38. The van der Waals surface area contributed by atoms with Crippen LogP contribution < -0.4 is 5.32 Å². The van der Waals surface area contributed by atoms with Crippen LogP contribution in [-0.4, -0.2) is 46.0 Å². The van der Waals surface area contributed by atoms with Crippen LogP contribution in [-0.2, 0) is 4.74 Å². The van der Waals surface area contributed by atoms with Crippen molar-refractivity contribution in [2.45, 2.75) is 31.4 Å². The second-order valence-electron chi connectivity index (χ2n) is 6.04. The van der Waals surface area contributed by atoms with Gasteiger partial charge in [0.05, 0.1) is 42.5 Å². The summed E-state index contributed by atoms with van der Waals surface area (Å²) in [5.41, 5.74) is 1.68. The summed E-state index contributed by atoms with van der Waals surface area (Å²) < 4.78 is 7.51. The number of ether oxygens (including phenoxy) is 1. The standard InChI is InChI=1S/C17H20N4O2/c22-17(20-9-10-23-16-8-4-7-15(16)20)19-13-11-18-21(12-13)14-5-2-1-3-6-14/h1-3,5-6,11-12,15-16H,4,7-10H2,(H,19,22)/t15-,16+/m1/s1. The summed E-state index contributed by atoms with van der Waals surface area (Å²) in [5.74, 6) is 0. The Morgan fingerprint density at radius 3 is 3.00 bits per heavy atom. The average Bonchev–Trinajstić information content (AvgIpc) is 3.24. The molecule has 2 aromatic rings. The fraction of sp³-hybridized carbons (Fsp3) is 0.412. The minimum Gasteiger partial charge on any atom is -0.374 e. The van der Waals surface area contributed by atoms with Gasteiger partial charge in [-0.25, -0.2) is 9.48 Å². The van der Waals surface area contributed by atoms with E-state index in [0.29, 0.717) is 18.8 Å². The van der Waals surface area contributed by atoms with Gasteiger partial charge in [0.25, 0.3) is 0 Å². The number of carbonyl (C=O) groups excluding carboxylic acids is 1. The number of rotatable bonds is 2. The van der Waals surface area contributed by atoms with Gasteiger partial charge in [0.1, 0.15) is 0 Å². The van der Waals surface area contributed by atoms with Crippen molar-refractivity contribution in [3.05, 3.63) is 42.7 Å². The maximum Gasteiger partial charge on any atom is 0.322 e. The van der Waals surface area contributed by atoms with Gasteiger partial charge < -0.3 is 15.0 Å². The predicted molar refractivity (Wildman–Crippen MR) is 86.7 cm³/mol. The highest BCUT2D eigenvalue weighted by atomic mass is 16.5. The smallest absolute Gasteiger partial charge is 0.322 e. The van der Waals surface area contributed by atoms with Crippen molar-refractivity contribution in [3.63, 3.8) is 0 Å². The maximum atomic E-state index is 12.6. The van der Waals surface area contributed by atoms with Crippen molar-refractivity contribution < 1.29 is 9.53 Å². The molecule has 2 amide bonds. The number of carbonyl (C=O) groups is 1. The van der Waals surface area contributed by atoms with E-state index in [4.69, 9.17) is 4.74 Å². The summed E-state index contributed by atoms with van der Waals surface area (Å²) in [7, 11) is 0. The number of anilines is 1. The molecular formula is C17H20N4O2. The molecule has 1 N–H and O–H groups in total. The normalized spacial score (nSPS) is 23.6. The zero-order valence-electron chi connectivity index (χ0n) is 12.9. The van der Waals surface area contributed by atoms with Crippen LogP contribution in [0.5, 0.6) is 0 Å². The first-order chi connectivity index (χ1) is 11.3. The van der Waals surface area contributed by atoms with Gasteiger partial charge in [-0.2, -0.15) is 5.10 Å². The lowest BCUT2D eigenvalue weighted by Gasteiger charge is -2.37. The lowest BCUT2D eigenvalue weighted by molar-refractivity contribution is -0.0362. The Morgan fingerprint density at radius 2 is 2.13 bits per heavy atom. The van der Waals surface area contributed by atoms with Crippen LogP contribution >= 0.6 is 0 Å². The van der Waals surface area contributed by atoms with E-state index in [9.17, 15) is 4.79 Å². The Hall–Kier alpha value is -2.34. The molecule has 0 spiro atoms. The minimum atomic E-state index is -0.0576. The number of amides is 2. The lowest BCUT2D eigenvalue weighted by Crippen LogP contribution is -2.52. The molecular weight excluding hydrogens is 292 g/mol. The molecule has 2 heterocycles. The Labute approximate surface area is 135 Å². The van der Waals surface area contributed by atoms with E-state index < -0.39 is 0 Å². The van der Waals surface area contributed by atoms with Crippen LogP contribution in [0.2, 0.25) is 0 Å². The quantitative estimate of drug-likeness (QED) is 0.927. The first kappa shape index (κ1) is 14.3. The van der Waals surface area contributed by atoms with Crippen LogP contribution in [0, 0.1) is 0 Å². The van der Waals surface area contributed by atoms with E-state index in [-0.39, 0.29) is 18.2 Å². The molecule has 4 rings (SSSR count). The van der Waals surface area contributed by atoms with Gasteiger partial charge in [-0.05, 0) is 31.4 Å². The maximum absolute atomic E-state index is 12.6. The van der Waals surface area contributed by atoms with Crippen LogP contribution in [0.1, 0.15) is 19.3 Å². The second-order valence-corrected chi connectivity index (χ2v) is 6.04. The Morgan fingerprint density at radius 1 is 1.26 bits per heavy atom. The number of urea groups is 1. The summed E-state index contributed by atoms with van der Waals surface area (Å²) in [4.78, 5) is 14.5. The van der Waals surface area contributed by atoms with Crippen molar-refractivity contribution in [2.75, 3.05) is 18.5 Å². The molecule has 1 saturated heterocycles. The Kier molecular flexibility index (Phi) is 3.75. The molecule has 6 nitrogen and oxygen atoms in total. The molecule has 0 radical (unpaired) electrons. The van der Waals surface area contributed by atoms with E-state index in [1.54, 1.807) is 10.9 Å². The van der Waals surface area contributed by atoms with E-state index >= 15 is 0 Å². The number of para-hydroxylation sites is 1. The Balaban J connectivity index is 1.46. The zero-order valence-corrected chi connectivity index (χ0v) is 12.9. The van der Waals surface area contributed by atoms with Gasteiger partial charge >= 0.3 is 6.03 Å². The number of hydrogen-bond donors (Lipinski definition) is 1. The van der Waals surface area contributed by atoms with Crippen LogP contribution in [0.3, 0.4) is 0 Å². The van der Waals surface area contributed by atoms with Gasteiger partial charge in [-0.3, -0.25) is 0 Å². The first-order valence-electron chi connectivity index (χ1n) is 8.10. The fourth-order valence-corrected chi connectivity index (χ4v) is 3.48. The molecule has 1 aromatic carbocycles. The lowest BCUT2D eigenvalue weighted by atomic mass is 10.1. The molecule has 6 heteroatoms. The molecule has 2 aliphatic rings. The molecule has 1 aromatic heterocycles. The molecule has 0 bridgehead atoms. The van der Waals surface area contributed by atoms with Crippen LogP contribution in [0.15, 0.2) is 42.7 Å². The van der Waals surface area contributed by atoms with Crippen molar-refractivity contribution >= 4 is 11.7 Å². The minimum absolute atomic E-state index is 0.0576. The monoisotopic (exact) mass is 312 g/mol. The SMILES string of the molecule is O=C(Nc1cnn(-c2ccccc2)c1)N1CCO[C@H]2CCC[C@H]21. The second kappa shape index (κ2) is 6.04. The van der Waals surface area contributed by atoms with E-state index in [2.05, 4.69) is 10.4 Å². The Bertz CT molecular complexity index is 685. The van der Waals surface area contributed by atoms with Gasteiger partial charge in [0.2, 0.25) is 0 Å². The third-order valence-corrected chi connectivity index (χ3v) is 4.60. The molecule has 1 aliphatic heterocycles. The molecule has 2 atom stereocenters. The largest absolute Gasteiger partial charge is 0.374 e. The number of benzene rings is 1. The van der Waals surface area contributed by atoms with Gasteiger partial charge in [0.15, 0.2) is 0 Å². The predicted octanol–water partition coefficient (Wildman–Crippen LogP) is 2.66. The van der Waals surface area contributed by atoms with E-state index in [0.717, 1.165) is 24.9 Å². The number of hydrogen-bond acceptors (Lipinski definition) is 3. The highest BCUT2D eigenvalue weighted by molar-refractivity contribution is 5.89. The van der Waals surface area contributed by atoms with Gasteiger partial charge in [0, 0.05) is 6.54 Å². The zero-order chi connectivity index (χ0) is 15.6. The van der Waals surface area contributed by atoms with Gasteiger partial charge in [-0.1, -0.05) is 18.2 Å². The number of nitrogens with zero attached hydrogens (tertiary/aromatic N) is 3. The molecule has 1 saturated carbocycles. The third kappa shape index (κ3) is 2.82. The molecule has 2 fully saturated rings. The first-order valence-corrected chi connectivity index (χ1v) is 8.10. The summed E-state index contributed by atoms with van der Waals surface area (Å²) in [6.07, 6.45) is 6.94. The van der Waals surface area contributed by atoms with Crippen molar-refractivity contribution in [2.24, 2.45) is 0 Å². The molecule has 1 aliphatic carbocycles. The molecule has 23 heavy (non-hydrogen) atoms. The van der Waals surface area contributed by atoms with Crippen molar-refractivity contribution in [1.82, 2.24) is 14.7 Å². The highest BCUT2D eigenvalue weighted by Crippen LogP contribution is 2.30. The van der Waals surface area contributed by atoms with Crippen LogP contribution in [0.25, 0.3) is 5.69 Å². The van der Waals surface area contributed by atoms with Gasteiger partial charge in [-0.15, -0.1) is 0 Å².